The van der Waals surface area contributed by atoms with E-state index >= 15 is 0 Å². The Kier molecular flexibility index (Phi) is 4.92. The van der Waals surface area contributed by atoms with Crippen LogP contribution in [0.15, 0.2) is 47.7 Å². The summed E-state index contributed by atoms with van der Waals surface area (Å²) in [5.41, 5.74) is 4.25. The molecule has 2 aromatic carbocycles. The van der Waals surface area contributed by atoms with E-state index < -0.39 is 11.1 Å². The van der Waals surface area contributed by atoms with Crippen molar-refractivity contribution in [2.24, 2.45) is 18.0 Å². The van der Waals surface area contributed by atoms with Crippen molar-refractivity contribution >= 4 is 28.7 Å². The normalized spacial score (nSPS) is 20.6. The molecule has 0 spiro atoms. The van der Waals surface area contributed by atoms with E-state index in [1.54, 1.807) is 9.80 Å². The topological polar surface area (TPSA) is 91.0 Å². The highest BCUT2D eigenvalue weighted by Crippen LogP contribution is 2.39. The van der Waals surface area contributed by atoms with Gasteiger partial charge in [-0.25, -0.2) is 4.98 Å². The second kappa shape index (κ2) is 7.74. The minimum Gasteiger partial charge on any atom is -0.380 e. The third-order valence-corrected chi connectivity index (χ3v) is 7.74. The molecule has 3 aliphatic rings. The second-order valence-electron chi connectivity index (χ2n) is 11.1. The molecule has 1 aromatic heterocycles. The zero-order chi connectivity index (χ0) is 25.4. The molecule has 186 valence electrons. The molecule has 3 heterocycles. The monoisotopic (exact) mass is 485 g/mol. The summed E-state index contributed by atoms with van der Waals surface area (Å²) in [6.07, 6.45) is 2.92. The zero-order valence-electron chi connectivity index (χ0n) is 21.2. The maximum atomic E-state index is 13.3. The average Bonchev–Trinajstić information content (AvgIpc) is 3.40. The van der Waals surface area contributed by atoms with Gasteiger partial charge in [-0.05, 0) is 62.4 Å². The van der Waals surface area contributed by atoms with Gasteiger partial charge in [0.05, 0.1) is 17.4 Å². The van der Waals surface area contributed by atoms with Gasteiger partial charge < -0.3 is 14.6 Å². The highest BCUT2D eigenvalue weighted by Gasteiger charge is 2.53. The van der Waals surface area contributed by atoms with Gasteiger partial charge in [0.2, 0.25) is 0 Å². The zero-order valence-corrected chi connectivity index (χ0v) is 21.2. The van der Waals surface area contributed by atoms with Crippen molar-refractivity contribution in [3.05, 3.63) is 53.9 Å². The molecule has 1 saturated heterocycles. The number of aliphatic imine (C=N–C) groups is 1. The maximum absolute atomic E-state index is 13.3. The Bertz CT molecular complexity index is 1440. The number of imidazole rings is 1. The van der Waals surface area contributed by atoms with E-state index in [1.807, 2.05) is 37.9 Å². The van der Waals surface area contributed by atoms with Crippen LogP contribution in [0.2, 0.25) is 0 Å². The van der Waals surface area contributed by atoms with E-state index in [9.17, 15) is 14.7 Å². The predicted octanol–water partition coefficient (Wildman–Crippen LogP) is 2.90. The van der Waals surface area contributed by atoms with Crippen molar-refractivity contribution in [3.8, 4) is 11.1 Å². The number of nitrogens with zero attached hydrogens (tertiary/aromatic N) is 5. The molecular weight excluding hydrogens is 454 g/mol. The van der Waals surface area contributed by atoms with Crippen molar-refractivity contribution in [2.45, 2.75) is 44.8 Å². The van der Waals surface area contributed by atoms with Crippen LogP contribution < -0.4 is 0 Å². The van der Waals surface area contributed by atoms with Crippen LogP contribution in [-0.4, -0.2) is 72.9 Å². The number of aryl methyl sites for hydroxylation is 2. The summed E-state index contributed by atoms with van der Waals surface area (Å²) >= 11 is 0. The van der Waals surface area contributed by atoms with Gasteiger partial charge in [-0.3, -0.25) is 19.5 Å². The van der Waals surface area contributed by atoms with Crippen LogP contribution in [0.1, 0.15) is 37.8 Å². The van der Waals surface area contributed by atoms with Crippen LogP contribution in [0.4, 0.5) is 0 Å². The minimum absolute atomic E-state index is 0.0211. The lowest BCUT2D eigenvalue weighted by atomic mass is 9.96. The number of amides is 2. The molecule has 2 amide bonds. The smallest absolute Gasteiger partial charge is 0.255 e. The van der Waals surface area contributed by atoms with Gasteiger partial charge in [0, 0.05) is 38.2 Å². The summed E-state index contributed by atoms with van der Waals surface area (Å²) in [6.45, 7) is 7.38. The predicted molar refractivity (Wildman–Crippen MR) is 137 cm³/mol. The third-order valence-electron chi connectivity index (χ3n) is 7.74. The number of amidine groups is 1. The fraction of sp³-hybridized carbons (Fsp3) is 0.429. The molecule has 1 aliphatic carbocycles. The van der Waals surface area contributed by atoms with Gasteiger partial charge in [-0.2, -0.15) is 0 Å². The van der Waals surface area contributed by atoms with E-state index in [0.29, 0.717) is 38.3 Å². The average molecular weight is 486 g/mol. The standard InChI is InChI=1S/C28H31N5O3/c1-17-11-19(20-6-8-23-22(12-20)29-16-31(23)4)5-7-21(17)24-30-27(2,3)25(34)33(24)15-18-13-32(14-18)26(35)28(36)9-10-28/h5-8,11-12,16,18,36H,9-10,13-15H2,1-4H3. The molecule has 0 bridgehead atoms. The van der Waals surface area contributed by atoms with E-state index in [0.717, 1.165) is 33.3 Å². The number of aliphatic hydroxyl groups is 1. The summed E-state index contributed by atoms with van der Waals surface area (Å²) in [5, 5.41) is 10.1. The van der Waals surface area contributed by atoms with Gasteiger partial charge in [0.1, 0.15) is 17.0 Å². The highest BCUT2D eigenvalue weighted by atomic mass is 16.3. The third kappa shape index (κ3) is 3.63. The number of carbonyl (C=O) groups excluding carboxylic acids is 2. The van der Waals surface area contributed by atoms with Crippen LogP contribution in [0, 0.1) is 12.8 Å². The summed E-state index contributed by atoms with van der Waals surface area (Å²) in [6, 6.07) is 12.5. The van der Waals surface area contributed by atoms with Gasteiger partial charge >= 0.3 is 0 Å². The largest absolute Gasteiger partial charge is 0.380 e. The van der Waals surface area contributed by atoms with Crippen LogP contribution in [0.3, 0.4) is 0 Å². The molecule has 1 N–H and O–H groups in total. The molecular formula is C28H31N5O3. The summed E-state index contributed by atoms with van der Waals surface area (Å²) < 4.78 is 2.00. The van der Waals surface area contributed by atoms with Crippen LogP contribution in [0.5, 0.6) is 0 Å². The number of likely N-dealkylation sites (tertiary alicyclic amines) is 1. The number of fused-ring (bicyclic) bond motifs is 1. The molecule has 0 radical (unpaired) electrons. The van der Waals surface area contributed by atoms with Crippen LogP contribution in [-0.2, 0) is 16.6 Å². The SMILES string of the molecule is Cc1cc(-c2ccc3c(c2)ncn3C)ccc1C1=NC(C)(C)C(=O)N1CC1CN(C(=O)C2(O)CC2)C1. The summed E-state index contributed by atoms with van der Waals surface area (Å²) in [4.78, 5) is 38.5. The van der Waals surface area contributed by atoms with E-state index in [-0.39, 0.29) is 17.7 Å². The van der Waals surface area contributed by atoms with Crippen LogP contribution >= 0.6 is 0 Å². The fourth-order valence-electron chi connectivity index (χ4n) is 5.32. The Balaban J connectivity index is 1.24. The quantitative estimate of drug-likeness (QED) is 0.602. The van der Waals surface area contributed by atoms with E-state index in [4.69, 9.17) is 4.99 Å². The molecule has 6 rings (SSSR count). The molecule has 2 aliphatic heterocycles. The Labute approximate surface area is 210 Å². The Morgan fingerprint density at radius 1 is 1.11 bits per heavy atom. The van der Waals surface area contributed by atoms with Gasteiger partial charge in [-0.15, -0.1) is 0 Å². The molecule has 0 unspecified atom stereocenters. The first-order valence-electron chi connectivity index (χ1n) is 12.5. The number of benzene rings is 2. The molecule has 0 atom stereocenters. The Morgan fingerprint density at radius 2 is 1.81 bits per heavy atom. The van der Waals surface area contributed by atoms with Crippen molar-refractivity contribution in [2.75, 3.05) is 19.6 Å². The lowest BCUT2D eigenvalue weighted by Gasteiger charge is -2.42. The minimum atomic E-state index is -1.14. The molecule has 8 nitrogen and oxygen atoms in total. The maximum Gasteiger partial charge on any atom is 0.255 e. The number of hydrogen-bond acceptors (Lipinski definition) is 5. The first-order valence-corrected chi connectivity index (χ1v) is 12.5. The van der Waals surface area contributed by atoms with E-state index in [2.05, 4.69) is 42.2 Å². The fourth-order valence-corrected chi connectivity index (χ4v) is 5.32. The van der Waals surface area contributed by atoms with Crippen LogP contribution in [0.25, 0.3) is 22.2 Å². The van der Waals surface area contributed by atoms with E-state index in [1.165, 1.54) is 0 Å². The van der Waals surface area contributed by atoms with Gasteiger partial charge in [0.25, 0.3) is 11.8 Å². The van der Waals surface area contributed by atoms with Crippen molar-refractivity contribution in [3.63, 3.8) is 0 Å². The number of hydrogen-bond donors (Lipinski definition) is 1. The second-order valence-corrected chi connectivity index (χ2v) is 11.1. The van der Waals surface area contributed by atoms with Gasteiger partial charge in [-0.1, -0.05) is 24.3 Å². The number of aromatic nitrogens is 2. The molecule has 2 fully saturated rings. The lowest BCUT2D eigenvalue weighted by molar-refractivity contribution is -0.149. The number of rotatable bonds is 5. The Morgan fingerprint density at radius 3 is 2.50 bits per heavy atom. The highest BCUT2D eigenvalue weighted by molar-refractivity contribution is 6.15. The Hall–Kier alpha value is -3.52. The molecule has 36 heavy (non-hydrogen) atoms. The van der Waals surface area contributed by atoms with Gasteiger partial charge in [0.15, 0.2) is 0 Å². The summed E-state index contributed by atoms with van der Waals surface area (Å²) in [5.74, 6) is 0.673. The van der Waals surface area contributed by atoms with Crippen molar-refractivity contribution in [1.29, 1.82) is 0 Å². The van der Waals surface area contributed by atoms with Crippen molar-refractivity contribution in [1.82, 2.24) is 19.4 Å². The molecule has 8 heteroatoms. The first kappa shape index (κ1) is 22.9. The first-order chi connectivity index (χ1) is 17.1. The lowest BCUT2D eigenvalue weighted by Crippen LogP contribution is -2.58. The van der Waals surface area contributed by atoms with Crippen molar-refractivity contribution < 1.29 is 14.7 Å². The molecule has 1 saturated carbocycles. The number of carbonyl (C=O) groups is 2. The summed E-state index contributed by atoms with van der Waals surface area (Å²) in [7, 11) is 1.99. The molecule has 3 aromatic rings.